The van der Waals surface area contributed by atoms with E-state index in [9.17, 15) is 22.8 Å². The summed E-state index contributed by atoms with van der Waals surface area (Å²) in [4.78, 5) is 25.6. The van der Waals surface area contributed by atoms with Crippen LogP contribution in [0.25, 0.3) is 11.1 Å². The van der Waals surface area contributed by atoms with Crippen molar-refractivity contribution in [2.45, 2.75) is 19.1 Å². The third-order valence-electron chi connectivity index (χ3n) is 6.39. The van der Waals surface area contributed by atoms with Crippen LogP contribution in [0.4, 0.5) is 24.5 Å². The van der Waals surface area contributed by atoms with E-state index in [4.69, 9.17) is 0 Å². The lowest BCUT2D eigenvalue weighted by atomic mass is 9.98. The predicted octanol–water partition coefficient (Wildman–Crippen LogP) is 6.50. The number of likely N-dealkylation sites (N-methyl/N-ethyl adjacent to an activating group) is 1. The number of hydrogen-bond donors (Lipinski definition) is 4. The van der Waals surface area contributed by atoms with Crippen LogP contribution in [0.1, 0.15) is 34.5 Å². The van der Waals surface area contributed by atoms with Crippen LogP contribution < -0.4 is 21.3 Å². The largest absolute Gasteiger partial charge is 0.416 e. The Hall–Kier alpha value is -4.63. The lowest BCUT2D eigenvalue weighted by Gasteiger charge is -2.19. The van der Waals surface area contributed by atoms with E-state index in [1.807, 2.05) is 49.4 Å². The van der Waals surface area contributed by atoms with Crippen molar-refractivity contribution in [3.63, 3.8) is 0 Å². The molecule has 0 radical (unpaired) electrons. The van der Waals surface area contributed by atoms with Gasteiger partial charge >= 0.3 is 6.18 Å². The van der Waals surface area contributed by atoms with Gasteiger partial charge in [-0.1, -0.05) is 60.7 Å². The van der Waals surface area contributed by atoms with Crippen LogP contribution in [0.3, 0.4) is 0 Å². The average molecular weight is 561 g/mol. The number of hydrogen-bond acceptors (Lipinski definition) is 4. The van der Waals surface area contributed by atoms with E-state index in [1.54, 1.807) is 36.4 Å². The van der Waals surface area contributed by atoms with Crippen molar-refractivity contribution in [3.05, 3.63) is 120 Å². The first-order chi connectivity index (χ1) is 19.8. The molecule has 4 rings (SSSR count). The van der Waals surface area contributed by atoms with Gasteiger partial charge in [0.05, 0.1) is 5.56 Å². The normalized spacial score (nSPS) is 11.9. The molecule has 4 aromatic rings. The molecule has 2 amide bonds. The first-order valence-electron chi connectivity index (χ1n) is 13.2. The van der Waals surface area contributed by atoms with E-state index in [-0.39, 0.29) is 11.8 Å². The molecule has 0 heterocycles. The van der Waals surface area contributed by atoms with Crippen molar-refractivity contribution in [2.75, 3.05) is 30.3 Å². The Kier molecular flexibility index (Phi) is 9.76. The van der Waals surface area contributed by atoms with Gasteiger partial charge < -0.3 is 21.3 Å². The SMILES string of the molecule is CCNC(=O)C(NCCNc1ccc(NC(=O)c2ccccc2-c2ccc(C(F)(F)F)cc2)cc1)c1ccccc1. The topological polar surface area (TPSA) is 82.3 Å². The Bertz CT molecular complexity index is 1440. The van der Waals surface area contributed by atoms with Crippen LogP contribution in [-0.4, -0.2) is 31.4 Å². The summed E-state index contributed by atoms with van der Waals surface area (Å²) in [5.41, 5.74) is 2.94. The van der Waals surface area contributed by atoms with Crippen LogP contribution in [0.15, 0.2) is 103 Å². The third-order valence-corrected chi connectivity index (χ3v) is 6.39. The number of halogens is 3. The summed E-state index contributed by atoms with van der Waals surface area (Å²) < 4.78 is 38.9. The summed E-state index contributed by atoms with van der Waals surface area (Å²) in [6.07, 6.45) is -4.43. The summed E-state index contributed by atoms with van der Waals surface area (Å²) in [6, 6.07) is 27.8. The van der Waals surface area contributed by atoms with Gasteiger partial charge in [0.1, 0.15) is 6.04 Å². The second-order valence-electron chi connectivity index (χ2n) is 9.27. The number of alkyl halides is 3. The minimum Gasteiger partial charge on any atom is -0.384 e. The average Bonchev–Trinajstić information content (AvgIpc) is 2.98. The van der Waals surface area contributed by atoms with Gasteiger partial charge in [-0.2, -0.15) is 13.2 Å². The van der Waals surface area contributed by atoms with Gasteiger partial charge in [-0.05, 0) is 66.1 Å². The number of amides is 2. The molecule has 0 bridgehead atoms. The second kappa shape index (κ2) is 13.6. The summed E-state index contributed by atoms with van der Waals surface area (Å²) in [5, 5.41) is 12.3. The van der Waals surface area contributed by atoms with Gasteiger partial charge in [-0.15, -0.1) is 0 Å². The van der Waals surface area contributed by atoms with Gasteiger partial charge in [0.2, 0.25) is 5.91 Å². The molecule has 212 valence electrons. The van der Waals surface area contributed by atoms with Gasteiger partial charge in [0, 0.05) is 36.6 Å². The Morgan fingerprint density at radius 2 is 1.39 bits per heavy atom. The van der Waals surface area contributed by atoms with Gasteiger partial charge in [0.15, 0.2) is 0 Å². The molecule has 0 saturated heterocycles. The number of carbonyl (C=O) groups is 2. The van der Waals surface area contributed by atoms with Crippen LogP contribution in [0.2, 0.25) is 0 Å². The predicted molar refractivity (Wildman–Crippen MR) is 156 cm³/mol. The van der Waals surface area contributed by atoms with Crippen molar-refractivity contribution in [3.8, 4) is 11.1 Å². The lowest BCUT2D eigenvalue weighted by Crippen LogP contribution is -2.39. The monoisotopic (exact) mass is 560 g/mol. The van der Waals surface area contributed by atoms with Crippen molar-refractivity contribution < 1.29 is 22.8 Å². The van der Waals surface area contributed by atoms with E-state index < -0.39 is 17.8 Å². The molecule has 0 saturated carbocycles. The number of carbonyl (C=O) groups excluding carboxylic acids is 2. The molecule has 6 nitrogen and oxygen atoms in total. The highest BCUT2D eigenvalue weighted by Gasteiger charge is 2.30. The van der Waals surface area contributed by atoms with Crippen molar-refractivity contribution >= 4 is 23.2 Å². The maximum atomic E-state index is 13.1. The molecule has 4 N–H and O–H groups in total. The molecule has 9 heteroatoms. The minimum absolute atomic E-state index is 0.0845. The molecule has 1 unspecified atom stereocenters. The van der Waals surface area contributed by atoms with E-state index in [0.717, 1.165) is 23.4 Å². The van der Waals surface area contributed by atoms with Crippen LogP contribution >= 0.6 is 0 Å². The van der Waals surface area contributed by atoms with Crippen LogP contribution in [-0.2, 0) is 11.0 Å². The van der Waals surface area contributed by atoms with Gasteiger partial charge in [-0.25, -0.2) is 0 Å². The van der Waals surface area contributed by atoms with E-state index >= 15 is 0 Å². The first-order valence-corrected chi connectivity index (χ1v) is 13.2. The zero-order valence-corrected chi connectivity index (χ0v) is 22.5. The Balaban J connectivity index is 1.34. The summed E-state index contributed by atoms with van der Waals surface area (Å²) in [7, 11) is 0. The fourth-order valence-corrected chi connectivity index (χ4v) is 4.35. The maximum Gasteiger partial charge on any atom is 0.416 e. The highest BCUT2D eigenvalue weighted by atomic mass is 19.4. The molecular formula is C32H31F3N4O2. The smallest absolute Gasteiger partial charge is 0.384 e. The molecule has 0 aliphatic heterocycles. The van der Waals surface area contributed by atoms with Crippen molar-refractivity contribution in [2.24, 2.45) is 0 Å². The number of rotatable bonds is 11. The fourth-order valence-electron chi connectivity index (χ4n) is 4.35. The maximum absolute atomic E-state index is 13.1. The zero-order chi connectivity index (χ0) is 29.2. The standard InChI is InChI=1S/C32H31F3N4O2/c1-2-36-31(41)29(23-8-4-3-5-9-23)38-21-20-37-25-16-18-26(19-17-25)39-30(40)28-11-7-6-10-27(28)22-12-14-24(15-13-22)32(33,34)35/h3-19,29,37-38H,2,20-21H2,1H3,(H,36,41)(H,39,40). The zero-order valence-electron chi connectivity index (χ0n) is 22.5. The van der Waals surface area contributed by atoms with E-state index in [1.165, 1.54) is 12.1 Å². The summed E-state index contributed by atoms with van der Waals surface area (Å²) in [6.45, 7) is 3.53. The Morgan fingerprint density at radius 1 is 0.756 bits per heavy atom. The lowest BCUT2D eigenvalue weighted by molar-refractivity contribution is -0.137. The number of anilines is 2. The quantitative estimate of drug-likeness (QED) is 0.158. The Morgan fingerprint density at radius 3 is 2.05 bits per heavy atom. The second-order valence-corrected chi connectivity index (χ2v) is 9.27. The van der Waals surface area contributed by atoms with Gasteiger partial charge in [0.25, 0.3) is 5.91 Å². The Labute approximate surface area is 237 Å². The highest BCUT2D eigenvalue weighted by molar-refractivity contribution is 6.08. The molecule has 1 atom stereocenters. The molecule has 41 heavy (non-hydrogen) atoms. The number of nitrogens with one attached hydrogen (secondary N) is 4. The molecule has 0 fully saturated rings. The molecule has 4 aromatic carbocycles. The first kappa shape index (κ1) is 29.4. The number of benzene rings is 4. The molecule has 0 aromatic heterocycles. The van der Waals surface area contributed by atoms with Crippen LogP contribution in [0, 0.1) is 0 Å². The van der Waals surface area contributed by atoms with Crippen molar-refractivity contribution in [1.82, 2.24) is 10.6 Å². The molecule has 0 aliphatic carbocycles. The molecular weight excluding hydrogens is 529 g/mol. The summed E-state index contributed by atoms with van der Waals surface area (Å²) >= 11 is 0. The third kappa shape index (κ3) is 7.95. The minimum atomic E-state index is -4.43. The van der Waals surface area contributed by atoms with E-state index in [0.29, 0.717) is 42.0 Å². The fraction of sp³-hybridized carbons (Fsp3) is 0.188. The van der Waals surface area contributed by atoms with Crippen molar-refractivity contribution in [1.29, 1.82) is 0 Å². The van der Waals surface area contributed by atoms with Gasteiger partial charge in [-0.3, -0.25) is 9.59 Å². The molecule has 0 aliphatic rings. The highest BCUT2D eigenvalue weighted by Crippen LogP contribution is 2.32. The molecule has 0 spiro atoms. The van der Waals surface area contributed by atoms with Crippen LogP contribution in [0.5, 0.6) is 0 Å². The summed E-state index contributed by atoms with van der Waals surface area (Å²) in [5.74, 6) is -0.457. The van der Waals surface area contributed by atoms with E-state index in [2.05, 4.69) is 21.3 Å².